The number of hydrogen-bond donors (Lipinski definition) is 2. The lowest BCUT2D eigenvalue weighted by Gasteiger charge is -2.23. The van der Waals surface area contributed by atoms with Gasteiger partial charge < -0.3 is 25.4 Å². The average molecular weight is 472 g/mol. The fourth-order valence-corrected chi connectivity index (χ4v) is 4.83. The van der Waals surface area contributed by atoms with Crippen LogP contribution in [-0.2, 0) is 25.5 Å². The summed E-state index contributed by atoms with van der Waals surface area (Å²) in [5.74, 6) is 1.41. The van der Waals surface area contributed by atoms with E-state index < -0.39 is 0 Å². The zero-order valence-electron chi connectivity index (χ0n) is 18.9. The minimum Gasteiger partial charge on any atom is -0.378 e. The van der Waals surface area contributed by atoms with Gasteiger partial charge in [-0.15, -0.1) is 11.8 Å². The fourth-order valence-electron chi connectivity index (χ4n) is 3.60. The standard InChI is InChI=1S/C25H33N3O4S/c26-10-12-31-14-15-32-13-11-27-24(29)17-23-18-33-19-28(23)25(30)16-20-6-8-22(9-7-20)21-4-2-1-3-5-21/h1-9,23H,10-19,26H2,(H,27,29). The Morgan fingerprint density at radius 3 is 2.39 bits per heavy atom. The SMILES string of the molecule is NCCOCCOCCNC(=O)CC1CSCN1C(=O)Cc1ccc(-c2ccccc2)cc1. The Labute approximate surface area is 200 Å². The number of benzene rings is 2. The first-order valence-electron chi connectivity index (χ1n) is 11.3. The van der Waals surface area contributed by atoms with Gasteiger partial charge in [0.05, 0.1) is 44.8 Å². The lowest BCUT2D eigenvalue weighted by molar-refractivity contribution is -0.132. The van der Waals surface area contributed by atoms with Gasteiger partial charge in [0.25, 0.3) is 0 Å². The van der Waals surface area contributed by atoms with E-state index in [1.54, 1.807) is 11.8 Å². The lowest BCUT2D eigenvalue weighted by Crippen LogP contribution is -2.41. The third-order valence-corrected chi connectivity index (χ3v) is 6.42. The van der Waals surface area contributed by atoms with Crippen molar-refractivity contribution >= 4 is 23.6 Å². The van der Waals surface area contributed by atoms with Crippen molar-refractivity contribution in [3.05, 3.63) is 60.2 Å². The van der Waals surface area contributed by atoms with Crippen molar-refractivity contribution in [1.29, 1.82) is 0 Å². The van der Waals surface area contributed by atoms with Gasteiger partial charge >= 0.3 is 0 Å². The van der Waals surface area contributed by atoms with Gasteiger partial charge in [-0.3, -0.25) is 9.59 Å². The number of nitrogens with one attached hydrogen (secondary N) is 1. The van der Waals surface area contributed by atoms with Crippen LogP contribution in [0.15, 0.2) is 54.6 Å². The molecule has 0 spiro atoms. The molecule has 1 saturated heterocycles. The number of carbonyl (C=O) groups excluding carboxylic acids is 2. The summed E-state index contributed by atoms with van der Waals surface area (Å²) in [4.78, 5) is 27.1. The van der Waals surface area contributed by atoms with Crippen molar-refractivity contribution in [3.63, 3.8) is 0 Å². The van der Waals surface area contributed by atoms with Crippen molar-refractivity contribution in [2.45, 2.75) is 18.9 Å². The summed E-state index contributed by atoms with van der Waals surface area (Å²) < 4.78 is 10.6. The highest BCUT2D eigenvalue weighted by atomic mass is 32.2. The molecular formula is C25H33N3O4S. The van der Waals surface area contributed by atoms with Crippen LogP contribution < -0.4 is 11.1 Å². The molecule has 0 aliphatic carbocycles. The Morgan fingerprint density at radius 2 is 1.67 bits per heavy atom. The number of nitrogens with zero attached hydrogens (tertiary/aromatic N) is 1. The number of rotatable bonds is 13. The molecule has 1 heterocycles. The molecule has 8 heteroatoms. The Bertz CT molecular complexity index is 864. The van der Waals surface area contributed by atoms with Crippen LogP contribution in [0.5, 0.6) is 0 Å². The second kappa shape index (κ2) is 14.0. The van der Waals surface area contributed by atoms with E-state index in [9.17, 15) is 9.59 Å². The number of hydrogen-bond acceptors (Lipinski definition) is 6. The zero-order valence-corrected chi connectivity index (χ0v) is 19.7. The van der Waals surface area contributed by atoms with E-state index in [1.165, 1.54) is 0 Å². The van der Waals surface area contributed by atoms with Crippen LogP contribution in [0, 0.1) is 0 Å². The molecule has 2 aromatic rings. The van der Waals surface area contributed by atoms with Gasteiger partial charge in [0.15, 0.2) is 0 Å². The van der Waals surface area contributed by atoms with Gasteiger partial charge in [-0.05, 0) is 16.7 Å². The minimum absolute atomic E-state index is 0.0597. The smallest absolute Gasteiger partial charge is 0.227 e. The second-order valence-corrected chi connectivity index (χ2v) is 8.82. The molecule has 2 amide bonds. The second-order valence-electron chi connectivity index (χ2n) is 7.82. The van der Waals surface area contributed by atoms with Crippen molar-refractivity contribution in [2.24, 2.45) is 5.73 Å². The average Bonchev–Trinajstić information content (AvgIpc) is 3.30. The van der Waals surface area contributed by atoms with E-state index in [-0.39, 0.29) is 17.9 Å². The van der Waals surface area contributed by atoms with Crippen LogP contribution in [0.2, 0.25) is 0 Å². The molecule has 0 saturated carbocycles. The molecule has 2 aromatic carbocycles. The Balaban J connectivity index is 1.39. The van der Waals surface area contributed by atoms with Crippen LogP contribution in [0.3, 0.4) is 0 Å². The quantitative estimate of drug-likeness (QED) is 0.436. The summed E-state index contributed by atoms with van der Waals surface area (Å²) in [6.45, 7) is 2.86. The van der Waals surface area contributed by atoms with Crippen LogP contribution in [-0.4, -0.2) is 73.9 Å². The number of carbonyl (C=O) groups is 2. The predicted octanol–water partition coefficient (Wildman–Crippen LogP) is 2.30. The first-order chi connectivity index (χ1) is 16.2. The largest absolute Gasteiger partial charge is 0.378 e. The van der Waals surface area contributed by atoms with Gasteiger partial charge in [-0.25, -0.2) is 0 Å². The van der Waals surface area contributed by atoms with Gasteiger partial charge in [-0.2, -0.15) is 0 Å². The van der Waals surface area contributed by atoms with Crippen molar-refractivity contribution in [1.82, 2.24) is 10.2 Å². The van der Waals surface area contributed by atoms with Gasteiger partial charge in [-0.1, -0.05) is 54.6 Å². The number of nitrogens with two attached hydrogens (primary N) is 1. The summed E-state index contributed by atoms with van der Waals surface area (Å²) >= 11 is 1.69. The van der Waals surface area contributed by atoms with Crippen molar-refractivity contribution < 1.29 is 19.1 Å². The molecule has 7 nitrogen and oxygen atoms in total. The minimum atomic E-state index is -0.0725. The molecule has 0 aromatic heterocycles. The van der Waals surface area contributed by atoms with E-state index in [1.807, 2.05) is 47.4 Å². The van der Waals surface area contributed by atoms with Gasteiger partial charge in [0, 0.05) is 25.3 Å². The van der Waals surface area contributed by atoms with Crippen molar-refractivity contribution in [3.8, 4) is 11.1 Å². The van der Waals surface area contributed by atoms with Crippen LogP contribution in [0.25, 0.3) is 11.1 Å². The summed E-state index contributed by atoms with van der Waals surface area (Å²) in [6.07, 6.45) is 0.652. The monoisotopic (exact) mass is 471 g/mol. The van der Waals surface area contributed by atoms with Gasteiger partial charge in [0.1, 0.15) is 0 Å². The molecule has 1 unspecified atom stereocenters. The molecule has 1 aliphatic rings. The van der Waals surface area contributed by atoms with Crippen LogP contribution in [0.1, 0.15) is 12.0 Å². The first kappa shape index (κ1) is 25.2. The van der Waals surface area contributed by atoms with E-state index >= 15 is 0 Å². The summed E-state index contributed by atoms with van der Waals surface area (Å²) in [5.41, 5.74) is 8.61. The van der Waals surface area contributed by atoms with E-state index in [2.05, 4.69) is 17.4 Å². The molecule has 1 fully saturated rings. The Morgan fingerprint density at radius 1 is 0.970 bits per heavy atom. The Kier molecular flexibility index (Phi) is 10.7. The third kappa shape index (κ3) is 8.47. The number of ether oxygens (including phenoxy) is 2. The molecule has 3 N–H and O–H groups in total. The highest BCUT2D eigenvalue weighted by Gasteiger charge is 2.30. The molecular weight excluding hydrogens is 438 g/mol. The molecule has 178 valence electrons. The summed E-state index contributed by atoms with van der Waals surface area (Å²) in [5, 5.41) is 2.87. The highest BCUT2D eigenvalue weighted by molar-refractivity contribution is 7.99. The normalized spacial score (nSPS) is 15.5. The topological polar surface area (TPSA) is 93.9 Å². The van der Waals surface area contributed by atoms with Crippen LogP contribution in [0.4, 0.5) is 0 Å². The predicted molar refractivity (Wildman–Crippen MR) is 132 cm³/mol. The van der Waals surface area contributed by atoms with Gasteiger partial charge in [0.2, 0.25) is 11.8 Å². The lowest BCUT2D eigenvalue weighted by atomic mass is 10.0. The maximum atomic E-state index is 12.9. The molecule has 3 rings (SSSR count). The molecule has 1 aliphatic heterocycles. The Hall–Kier alpha value is -2.39. The maximum Gasteiger partial charge on any atom is 0.227 e. The zero-order chi connectivity index (χ0) is 23.3. The van der Waals surface area contributed by atoms with E-state index in [0.29, 0.717) is 58.2 Å². The molecule has 1 atom stereocenters. The number of thioether (sulfide) groups is 1. The molecule has 0 radical (unpaired) electrons. The third-order valence-electron chi connectivity index (χ3n) is 5.34. The van der Waals surface area contributed by atoms with E-state index in [0.717, 1.165) is 22.4 Å². The summed E-state index contributed by atoms with van der Waals surface area (Å²) in [7, 11) is 0. The molecule has 33 heavy (non-hydrogen) atoms. The summed E-state index contributed by atoms with van der Waals surface area (Å²) in [6, 6.07) is 18.2. The first-order valence-corrected chi connectivity index (χ1v) is 12.5. The van der Waals surface area contributed by atoms with E-state index in [4.69, 9.17) is 15.2 Å². The molecule has 0 bridgehead atoms. The maximum absolute atomic E-state index is 12.9. The van der Waals surface area contributed by atoms with Crippen molar-refractivity contribution in [2.75, 3.05) is 51.1 Å². The van der Waals surface area contributed by atoms with Crippen LogP contribution >= 0.6 is 11.8 Å². The fraction of sp³-hybridized carbons (Fsp3) is 0.440. The number of amides is 2. The highest BCUT2D eigenvalue weighted by Crippen LogP contribution is 2.25.